The number of halogens is 2. The Morgan fingerprint density at radius 3 is 2.83 bits per heavy atom. The van der Waals surface area contributed by atoms with Crippen molar-refractivity contribution >= 4 is 28.9 Å². The van der Waals surface area contributed by atoms with E-state index in [9.17, 15) is 0 Å². The van der Waals surface area contributed by atoms with Gasteiger partial charge in [0, 0.05) is 24.7 Å². The van der Waals surface area contributed by atoms with E-state index in [1.807, 2.05) is 12.1 Å². The third-order valence-electron chi connectivity index (χ3n) is 2.99. The summed E-state index contributed by atoms with van der Waals surface area (Å²) in [5, 5.41) is 1.39. The second-order valence-corrected chi connectivity index (χ2v) is 6.06. The monoisotopic (exact) mass is 288 g/mol. The number of ether oxygens (including phenoxy) is 1. The average Bonchev–Trinajstić information content (AvgIpc) is 2.30. The smallest absolute Gasteiger partial charge is 0.0879 e. The number of morpholine rings is 1. The van der Waals surface area contributed by atoms with Gasteiger partial charge >= 0.3 is 0 Å². The molecule has 0 amide bonds. The molecule has 0 saturated carbocycles. The lowest BCUT2D eigenvalue weighted by Gasteiger charge is -2.43. The van der Waals surface area contributed by atoms with Crippen molar-refractivity contribution in [1.82, 2.24) is 0 Å². The van der Waals surface area contributed by atoms with E-state index in [0.717, 1.165) is 18.8 Å². The largest absolute Gasteiger partial charge is 0.367 e. The Balaban J connectivity index is 2.29. The predicted octanol–water partition coefficient (Wildman–Crippen LogP) is 2.94. The van der Waals surface area contributed by atoms with Crippen molar-refractivity contribution in [3.63, 3.8) is 0 Å². The molecule has 1 heterocycles. The van der Waals surface area contributed by atoms with E-state index < -0.39 is 0 Å². The minimum atomic E-state index is -0.242. The lowest BCUT2D eigenvalue weighted by Crippen LogP contribution is -2.55. The van der Waals surface area contributed by atoms with Gasteiger partial charge in [0.15, 0.2) is 0 Å². The number of benzene rings is 1. The second kappa shape index (κ2) is 5.25. The molecule has 1 aromatic carbocycles. The van der Waals surface area contributed by atoms with Crippen molar-refractivity contribution < 1.29 is 4.74 Å². The van der Waals surface area contributed by atoms with E-state index in [1.54, 1.807) is 6.07 Å². The zero-order valence-electron chi connectivity index (χ0n) is 10.6. The summed E-state index contributed by atoms with van der Waals surface area (Å²) in [6, 6.07) is 5.50. The highest BCUT2D eigenvalue weighted by Crippen LogP contribution is 2.33. The van der Waals surface area contributed by atoms with Gasteiger partial charge in [0.1, 0.15) is 0 Å². The topological polar surface area (TPSA) is 38.5 Å². The van der Waals surface area contributed by atoms with E-state index >= 15 is 0 Å². The Labute approximate surface area is 118 Å². The Bertz CT molecular complexity index is 437. The third-order valence-corrected chi connectivity index (χ3v) is 3.55. The molecule has 1 saturated heterocycles. The molecule has 5 heteroatoms. The van der Waals surface area contributed by atoms with E-state index in [4.69, 9.17) is 33.7 Å². The van der Waals surface area contributed by atoms with Crippen LogP contribution in [-0.4, -0.2) is 31.3 Å². The van der Waals surface area contributed by atoms with Gasteiger partial charge in [-0.05, 0) is 32.0 Å². The normalized spacial score (nSPS) is 23.2. The van der Waals surface area contributed by atoms with Crippen LogP contribution in [0, 0.1) is 0 Å². The number of nitrogens with two attached hydrogens (primary N) is 1. The molecule has 1 aliphatic heterocycles. The summed E-state index contributed by atoms with van der Waals surface area (Å²) in [6.45, 7) is 6.11. The molecule has 0 aliphatic carbocycles. The van der Waals surface area contributed by atoms with Crippen LogP contribution in [-0.2, 0) is 4.74 Å². The van der Waals surface area contributed by atoms with E-state index in [2.05, 4.69) is 18.7 Å². The number of anilines is 1. The molecule has 1 atom stereocenters. The molecule has 1 unspecified atom stereocenters. The van der Waals surface area contributed by atoms with Gasteiger partial charge in [-0.15, -0.1) is 0 Å². The molecule has 3 nitrogen and oxygen atoms in total. The maximum absolute atomic E-state index is 6.24. The first-order valence-corrected chi connectivity index (χ1v) is 6.75. The molecule has 2 N–H and O–H groups in total. The quantitative estimate of drug-likeness (QED) is 0.909. The first kappa shape index (κ1) is 13.9. The van der Waals surface area contributed by atoms with Crippen LogP contribution in [0.2, 0.25) is 10.0 Å². The van der Waals surface area contributed by atoms with Crippen molar-refractivity contribution in [3.8, 4) is 0 Å². The fourth-order valence-corrected chi connectivity index (χ4v) is 2.73. The Hall–Kier alpha value is -0.480. The molecule has 18 heavy (non-hydrogen) atoms. The summed E-state index contributed by atoms with van der Waals surface area (Å²) in [5.74, 6) is 0. The lowest BCUT2D eigenvalue weighted by atomic mass is 10.0. The van der Waals surface area contributed by atoms with Crippen LogP contribution in [0.4, 0.5) is 5.69 Å². The highest BCUT2D eigenvalue weighted by atomic mass is 35.5. The summed E-state index contributed by atoms with van der Waals surface area (Å²) in [5.41, 5.74) is 6.42. The predicted molar refractivity (Wildman–Crippen MR) is 76.7 cm³/mol. The fraction of sp³-hybridized carbons (Fsp3) is 0.538. The molecule has 1 fully saturated rings. The minimum Gasteiger partial charge on any atom is -0.367 e. The van der Waals surface area contributed by atoms with E-state index in [-0.39, 0.29) is 11.7 Å². The van der Waals surface area contributed by atoms with Crippen molar-refractivity contribution in [2.24, 2.45) is 5.73 Å². The number of nitrogens with zero attached hydrogens (tertiary/aromatic N) is 1. The number of hydrogen-bond donors (Lipinski definition) is 1. The minimum absolute atomic E-state index is 0.0174. The molecule has 1 aromatic rings. The average molecular weight is 289 g/mol. The summed E-state index contributed by atoms with van der Waals surface area (Å²) in [4.78, 5) is 2.19. The molecular formula is C13H18Cl2N2O. The maximum Gasteiger partial charge on any atom is 0.0879 e. The highest BCUT2D eigenvalue weighted by molar-refractivity contribution is 6.35. The third kappa shape index (κ3) is 3.09. The molecule has 2 rings (SSSR count). The summed E-state index contributed by atoms with van der Waals surface area (Å²) in [6.07, 6.45) is 0.0174. The van der Waals surface area contributed by atoms with Gasteiger partial charge < -0.3 is 15.4 Å². The van der Waals surface area contributed by atoms with E-state index in [1.165, 1.54) is 0 Å². The van der Waals surface area contributed by atoms with Crippen molar-refractivity contribution in [1.29, 1.82) is 0 Å². The van der Waals surface area contributed by atoms with Gasteiger partial charge in [-0.1, -0.05) is 23.2 Å². The Kier molecular flexibility index (Phi) is 4.07. The lowest BCUT2D eigenvalue weighted by molar-refractivity contribution is -0.0788. The maximum atomic E-state index is 6.24. The molecule has 100 valence electrons. The summed E-state index contributed by atoms with van der Waals surface area (Å²) in [7, 11) is 0. The molecule has 1 aliphatic rings. The summed E-state index contributed by atoms with van der Waals surface area (Å²) >= 11 is 12.3. The van der Waals surface area contributed by atoms with Crippen LogP contribution in [0.5, 0.6) is 0 Å². The van der Waals surface area contributed by atoms with Gasteiger partial charge in [-0.25, -0.2) is 0 Å². The van der Waals surface area contributed by atoms with Crippen LogP contribution in [0.15, 0.2) is 18.2 Å². The zero-order valence-corrected chi connectivity index (χ0v) is 12.1. The van der Waals surface area contributed by atoms with Gasteiger partial charge in [0.2, 0.25) is 0 Å². The second-order valence-electron chi connectivity index (χ2n) is 5.21. The van der Waals surface area contributed by atoms with Crippen molar-refractivity contribution in [2.75, 3.05) is 24.5 Å². The van der Waals surface area contributed by atoms with Crippen LogP contribution >= 0.6 is 23.2 Å². The standard InChI is InChI=1S/C13H18Cl2N2O/c1-13(2)8-17(7-10(6-16)18-13)12-5-9(14)3-4-11(12)15/h3-5,10H,6-8,16H2,1-2H3. The van der Waals surface area contributed by atoms with E-state index in [0.29, 0.717) is 16.6 Å². The molecule has 0 radical (unpaired) electrons. The fourth-order valence-electron chi connectivity index (χ4n) is 2.33. The van der Waals surface area contributed by atoms with Gasteiger partial charge in [-0.2, -0.15) is 0 Å². The van der Waals surface area contributed by atoms with Gasteiger partial charge in [-0.3, -0.25) is 0 Å². The van der Waals surface area contributed by atoms with Gasteiger partial charge in [0.05, 0.1) is 22.4 Å². The van der Waals surface area contributed by atoms with Crippen LogP contribution < -0.4 is 10.6 Å². The van der Waals surface area contributed by atoms with Gasteiger partial charge in [0.25, 0.3) is 0 Å². The summed E-state index contributed by atoms with van der Waals surface area (Å²) < 4.78 is 5.90. The van der Waals surface area contributed by atoms with Crippen molar-refractivity contribution in [2.45, 2.75) is 25.6 Å². The SMILES string of the molecule is CC1(C)CN(c2cc(Cl)ccc2Cl)CC(CN)O1. The molecular weight excluding hydrogens is 271 g/mol. The zero-order chi connectivity index (χ0) is 13.3. The van der Waals surface area contributed by atoms with Crippen LogP contribution in [0.3, 0.4) is 0 Å². The Morgan fingerprint density at radius 1 is 1.44 bits per heavy atom. The van der Waals surface area contributed by atoms with Crippen molar-refractivity contribution in [3.05, 3.63) is 28.2 Å². The molecule has 0 bridgehead atoms. The first-order valence-electron chi connectivity index (χ1n) is 5.99. The molecule has 0 spiro atoms. The highest BCUT2D eigenvalue weighted by Gasteiger charge is 2.33. The number of hydrogen-bond acceptors (Lipinski definition) is 3. The van der Waals surface area contributed by atoms with Crippen LogP contribution in [0.25, 0.3) is 0 Å². The Morgan fingerprint density at radius 2 is 2.17 bits per heavy atom. The molecule has 0 aromatic heterocycles. The number of rotatable bonds is 2. The van der Waals surface area contributed by atoms with Crippen LogP contribution in [0.1, 0.15) is 13.8 Å². The first-order chi connectivity index (χ1) is 8.41.